The quantitative estimate of drug-likeness (QED) is 0.168. The number of aromatic nitrogens is 5. The maximum absolute atomic E-state index is 9.65. The zero-order valence-electron chi connectivity index (χ0n) is 39.4. The van der Waals surface area contributed by atoms with Crippen molar-refractivity contribution in [1.29, 1.82) is 0 Å². The van der Waals surface area contributed by atoms with Gasteiger partial charge >= 0.3 is 0 Å². The lowest BCUT2D eigenvalue weighted by atomic mass is 9.98. The summed E-state index contributed by atoms with van der Waals surface area (Å²) >= 11 is 0. The summed E-state index contributed by atoms with van der Waals surface area (Å²) in [6.45, 7) is 0. The largest absolute Gasteiger partial charge is 0.455 e. The van der Waals surface area contributed by atoms with Gasteiger partial charge in [-0.1, -0.05) is 158 Å². The molecule has 0 atom stereocenters. The van der Waals surface area contributed by atoms with E-state index in [1.54, 1.807) is 0 Å². The van der Waals surface area contributed by atoms with E-state index in [9.17, 15) is 5.48 Å². The second-order valence-electron chi connectivity index (χ2n) is 15.5. The summed E-state index contributed by atoms with van der Waals surface area (Å²) in [4.78, 5) is 15.5. The van der Waals surface area contributed by atoms with E-state index in [0.29, 0.717) is 72.3 Å². The van der Waals surface area contributed by atoms with Crippen molar-refractivity contribution in [2.45, 2.75) is 0 Å². The van der Waals surface area contributed by atoms with Crippen LogP contribution in [0.25, 0.3) is 122 Å². The Hall–Kier alpha value is -8.61. The third-order valence-corrected chi connectivity index (χ3v) is 11.9. The van der Waals surface area contributed by atoms with Crippen molar-refractivity contribution >= 4 is 65.6 Å². The zero-order valence-corrected chi connectivity index (χ0v) is 33.4. The number of nitrogens with zero attached hydrogens (tertiary/aromatic N) is 5. The molecule has 0 fully saturated rings. The summed E-state index contributed by atoms with van der Waals surface area (Å²) in [6, 6.07) is 55.6. The van der Waals surface area contributed by atoms with Gasteiger partial charge in [-0.15, -0.1) is 0 Å². The van der Waals surface area contributed by atoms with Gasteiger partial charge < -0.3 is 13.6 Å². The van der Waals surface area contributed by atoms with Crippen LogP contribution >= 0.6 is 0 Å². The number of benzene rings is 9. The molecule has 0 aliphatic carbocycles. The SMILES string of the molecule is [2H]c1cc([2H])c2c(c1[2H])c1c3c4c([2H])c([2H])cc([2H])c4n(-c4ccc(-c5cccc6c5oc5ccccc56)cc4-c4nc(-c5ccccc5)nc(-c5ccccc5)n4)c3ccc1n2-c1ccccc1. The molecule has 0 N–H and O–H groups in total. The van der Waals surface area contributed by atoms with E-state index in [1.807, 2.05) is 161 Å². The summed E-state index contributed by atoms with van der Waals surface area (Å²) in [5.41, 5.74) is 8.75. The second kappa shape index (κ2) is 14.0. The summed E-state index contributed by atoms with van der Waals surface area (Å²) in [7, 11) is 0. The van der Waals surface area contributed by atoms with Crippen molar-refractivity contribution in [3.63, 3.8) is 0 Å². The van der Waals surface area contributed by atoms with Crippen LogP contribution in [0, 0.1) is 0 Å². The van der Waals surface area contributed by atoms with E-state index in [-0.39, 0.29) is 36.3 Å². The average molecular weight is 812 g/mol. The van der Waals surface area contributed by atoms with Crippen LogP contribution in [0.2, 0.25) is 0 Å². The van der Waals surface area contributed by atoms with Crippen molar-refractivity contribution in [3.05, 3.63) is 212 Å². The van der Waals surface area contributed by atoms with Crippen LogP contribution in [0.15, 0.2) is 217 Å². The van der Waals surface area contributed by atoms with E-state index in [4.69, 9.17) is 22.1 Å². The first kappa shape index (κ1) is 29.6. The molecule has 0 saturated carbocycles. The second-order valence-corrected chi connectivity index (χ2v) is 15.5. The van der Waals surface area contributed by atoms with Crippen LogP contribution in [-0.2, 0) is 0 Å². The Kier molecular flexibility index (Phi) is 6.56. The minimum Gasteiger partial charge on any atom is -0.455 e. The van der Waals surface area contributed by atoms with Crippen molar-refractivity contribution in [1.82, 2.24) is 24.1 Å². The van der Waals surface area contributed by atoms with Crippen LogP contribution in [0.4, 0.5) is 0 Å². The molecule has 6 heteroatoms. The highest BCUT2D eigenvalue weighted by Gasteiger charge is 2.24. The summed E-state index contributed by atoms with van der Waals surface area (Å²) in [5.74, 6) is 1.28. The van der Waals surface area contributed by atoms with Gasteiger partial charge in [-0.25, -0.2) is 15.0 Å². The Morgan fingerprint density at radius 3 is 1.65 bits per heavy atom. The fourth-order valence-electron chi connectivity index (χ4n) is 9.18. The summed E-state index contributed by atoms with van der Waals surface area (Å²) < 4.78 is 66.3. The van der Waals surface area contributed by atoms with Gasteiger partial charge in [0.2, 0.25) is 0 Å². The van der Waals surface area contributed by atoms with Gasteiger partial charge in [0, 0.05) is 60.3 Å². The number of fused-ring (bicyclic) bond motifs is 10. The molecule has 0 bridgehead atoms. The molecule has 0 aliphatic rings. The van der Waals surface area contributed by atoms with Gasteiger partial charge in [-0.3, -0.25) is 0 Å². The minimum atomic E-state index is -0.129. The van der Waals surface area contributed by atoms with Gasteiger partial charge in [0.15, 0.2) is 17.5 Å². The van der Waals surface area contributed by atoms with E-state index in [2.05, 4.69) is 12.1 Å². The van der Waals surface area contributed by atoms with Crippen LogP contribution < -0.4 is 0 Å². The Labute approximate surface area is 370 Å². The molecule has 4 aromatic heterocycles. The molecule has 0 saturated heterocycles. The molecule has 294 valence electrons. The zero-order chi connectivity index (χ0) is 46.7. The van der Waals surface area contributed by atoms with E-state index in [0.717, 1.165) is 49.9 Å². The fraction of sp³-hybridized carbons (Fsp3) is 0. The Morgan fingerprint density at radius 2 is 0.968 bits per heavy atom. The molecule has 0 spiro atoms. The van der Waals surface area contributed by atoms with Crippen molar-refractivity contribution in [3.8, 4) is 56.7 Å². The number of para-hydroxylation sites is 5. The van der Waals surface area contributed by atoms with Gasteiger partial charge in [0.25, 0.3) is 0 Å². The maximum atomic E-state index is 9.65. The predicted molar refractivity (Wildman–Crippen MR) is 258 cm³/mol. The molecule has 0 radical (unpaired) electrons. The highest BCUT2D eigenvalue weighted by Crippen LogP contribution is 2.45. The lowest BCUT2D eigenvalue weighted by Gasteiger charge is -2.16. The standard InChI is InChI=1S/C57H35N5O/c1-4-17-36(18-5-1)55-58-56(37-19-6-2-7-20-37)60-57(59-55)45-35-38(40-26-16-27-42-41-23-12-15-30-51(41)63-54(40)42)31-32-48(45)62-47-29-14-11-25-44(47)53-50(62)34-33-49-52(53)43-24-10-13-28-46(43)61(49)39-21-8-3-9-22-39/h1-35H/i10D,11D,24D,25D,28D,29D. The first-order valence-corrected chi connectivity index (χ1v) is 20.7. The third-order valence-electron chi connectivity index (χ3n) is 11.9. The van der Waals surface area contributed by atoms with Crippen LogP contribution in [0.1, 0.15) is 8.22 Å². The van der Waals surface area contributed by atoms with E-state index >= 15 is 0 Å². The maximum Gasteiger partial charge on any atom is 0.166 e. The Bertz CT molecular complexity index is 4210. The fourth-order valence-corrected chi connectivity index (χ4v) is 9.18. The third kappa shape index (κ3) is 5.48. The molecule has 0 unspecified atom stereocenters. The molecule has 4 heterocycles. The lowest BCUT2D eigenvalue weighted by molar-refractivity contribution is 0.670. The molecule has 13 rings (SSSR count). The highest BCUT2D eigenvalue weighted by molar-refractivity contribution is 6.29. The van der Waals surface area contributed by atoms with Crippen LogP contribution in [0.3, 0.4) is 0 Å². The number of hydrogen-bond acceptors (Lipinski definition) is 4. The first-order valence-electron chi connectivity index (χ1n) is 23.7. The molecule has 9 aromatic carbocycles. The number of furan rings is 1. The molecular weight excluding hydrogens is 771 g/mol. The lowest BCUT2D eigenvalue weighted by Crippen LogP contribution is -2.04. The summed E-state index contributed by atoms with van der Waals surface area (Å²) in [5, 5.41) is 3.78. The molecular formula is C57H35N5O. The topological polar surface area (TPSA) is 61.7 Å². The number of hydrogen-bond donors (Lipinski definition) is 0. The molecule has 0 aliphatic heterocycles. The van der Waals surface area contributed by atoms with Crippen LogP contribution in [0.5, 0.6) is 0 Å². The number of rotatable bonds is 6. The van der Waals surface area contributed by atoms with Crippen molar-refractivity contribution < 1.29 is 12.6 Å². The van der Waals surface area contributed by atoms with Crippen molar-refractivity contribution in [2.24, 2.45) is 0 Å². The smallest absolute Gasteiger partial charge is 0.166 e. The van der Waals surface area contributed by atoms with Crippen molar-refractivity contribution in [2.75, 3.05) is 0 Å². The average Bonchev–Trinajstić information content (AvgIpc) is 4.07. The van der Waals surface area contributed by atoms with Gasteiger partial charge in [0.1, 0.15) is 11.2 Å². The molecule has 13 aromatic rings. The van der Waals surface area contributed by atoms with Gasteiger partial charge in [-0.2, -0.15) is 0 Å². The normalized spacial score (nSPS) is 13.1. The van der Waals surface area contributed by atoms with E-state index in [1.165, 1.54) is 12.1 Å². The molecule has 0 amide bonds. The first-order chi connectivity index (χ1) is 33.7. The van der Waals surface area contributed by atoms with Crippen LogP contribution in [-0.4, -0.2) is 24.1 Å². The molecule has 6 nitrogen and oxygen atoms in total. The molecule has 63 heavy (non-hydrogen) atoms. The monoisotopic (exact) mass is 811 g/mol. The Morgan fingerprint density at radius 1 is 0.397 bits per heavy atom. The van der Waals surface area contributed by atoms with Gasteiger partial charge in [-0.05, 0) is 60.1 Å². The van der Waals surface area contributed by atoms with E-state index < -0.39 is 0 Å². The Balaban J connectivity index is 1.19. The summed E-state index contributed by atoms with van der Waals surface area (Å²) in [6.07, 6.45) is 0. The predicted octanol–water partition coefficient (Wildman–Crippen LogP) is 14.6. The minimum absolute atomic E-state index is 0.0169. The highest BCUT2D eigenvalue weighted by atomic mass is 16.3. The van der Waals surface area contributed by atoms with Gasteiger partial charge in [0.05, 0.1) is 36.0 Å².